The lowest BCUT2D eigenvalue weighted by molar-refractivity contribution is 0.210. The molecule has 1 saturated carbocycles. The molecule has 1 aromatic carbocycles. The molecule has 36 heavy (non-hydrogen) atoms. The standard InChI is InChI=1S/C27H29N7OS/c1-18-15-23(19(2)34(18)32-16-29-30-17-32)26-25(24-9-5-6-14-28-24)31-27(36)33(26)20-10-12-22(13-11-20)35-21-7-3-4-8-21/h5-6,9-17,21,25-26H,3-4,7-8H2,1-2H3,(H,31,36)/t25-,26-/m1/s1. The summed E-state index contributed by atoms with van der Waals surface area (Å²) in [7, 11) is 0. The van der Waals surface area contributed by atoms with Crippen LogP contribution < -0.4 is 15.0 Å². The van der Waals surface area contributed by atoms with Crippen molar-refractivity contribution in [2.45, 2.75) is 57.7 Å². The van der Waals surface area contributed by atoms with Crippen LogP contribution in [0.1, 0.15) is 60.4 Å². The summed E-state index contributed by atoms with van der Waals surface area (Å²) in [5.41, 5.74) is 5.30. The Bertz CT molecular complexity index is 1350. The third-order valence-corrected chi connectivity index (χ3v) is 7.52. The highest BCUT2D eigenvalue weighted by Crippen LogP contribution is 2.43. The third kappa shape index (κ3) is 4.03. The Labute approximate surface area is 215 Å². The summed E-state index contributed by atoms with van der Waals surface area (Å²) in [6.07, 6.45) is 10.3. The number of aromatic nitrogens is 5. The zero-order chi connectivity index (χ0) is 24.6. The number of thiocarbonyl (C=S) groups is 1. The Morgan fingerprint density at radius 2 is 1.75 bits per heavy atom. The van der Waals surface area contributed by atoms with Crippen molar-refractivity contribution in [2.24, 2.45) is 0 Å². The van der Waals surface area contributed by atoms with Crippen molar-refractivity contribution in [2.75, 3.05) is 4.90 Å². The molecule has 0 unspecified atom stereocenters. The number of pyridine rings is 1. The van der Waals surface area contributed by atoms with Crippen LogP contribution in [0.15, 0.2) is 67.4 Å². The van der Waals surface area contributed by atoms with Crippen LogP contribution in [0.4, 0.5) is 5.69 Å². The normalized spacial score (nSPS) is 20.2. The molecule has 4 aromatic rings. The molecule has 1 aliphatic heterocycles. The minimum Gasteiger partial charge on any atom is -0.490 e. The molecule has 184 valence electrons. The van der Waals surface area contributed by atoms with E-state index >= 15 is 0 Å². The second-order valence-electron chi connectivity index (χ2n) is 9.49. The summed E-state index contributed by atoms with van der Waals surface area (Å²) < 4.78 is 10.2. The van der Waals surface area contributed by atoms with Crippen LogP contribution in [0.25, 0.3) is 0 Å². The highest BCUT2D eigenvalue weighted by Gasteiger charge is 2.42. The van der Waals surface area contributed by atoms with Gasteiger partial charge in [0.1, 0.15) is 18.4 Å². The van der Waals surface area contributed by atoms with Gasteiger partial charge in [0, 0.05) is 28.8 Å². The Morgan fingerprint density at radius 3 is 2.44 bits per heavy atom. The second-order valence-corrected chi connectivity index (χ2v) is 9.88. The summed E-state index contributed by atoms with van der Waals surface area (Å²) in [4.78, 5) is 6.88. The summed E-state index contributed by atoms with van der Waals surface area (Å²) >= 11 is 5.91. The molecule has 3 aromatic heterocycles. The first-order valence-corrected chi connectivity index (χ1v) is 12.8. The molecule has 1 aliphatic carbocycles. The predicted molar refractivity (Wildman–Crippen MR) is 142 cm³/mol. The molecule has 0 amide bonds. The van der Waals surface area contributed by atoms with Gasteiger partial charge >= 0.3 is 0 Å². The number of nitrogens with one attached hydrogen (secondary N) is 1. The van der Waals surface area contributed by atoms with E-state index in [0.717, 1.165) is 46.9 Å². The maximum atomic E-state index is 6.21. The fourth-order valence-electron chi connectivity index (χ4n) is 5.56. The molecule has 0 radical (unpaired) electrons. The van der Waals surface area contributed by atoms with E-state index in [9.17, 15) is 0 Å². The maximum Gasteiger partial charge on any atom is 0.174 e. The van der Waals surface area contributed by atoms with E-state index in [1.807, 2.05) is 29.1 Å². The number of ether oxygens (including phenoxy) is 1. The van der Waals surface area contributed by atoms with E-state index in [1.165, 1.54) is 12.8 Å². The average Bonchev–Trinajstić information content (AvgIpc) is 3.69. The van der Waals surface area contributed by atoms with E-state index in [0.29, 0.717) is 11.2 Å². The van der Waals surface area contributed by atoms with Gasteiger partial charge in [-0.3, -0.25) is 9.66 Å². The largest absolute Gasteiger partial charge is 0.490 e. The highest BCUT2D eigenvalue weighted by molar-refractivity contribution is 7.80. The van der Waals surface area contributed by atoms with Crippen LogP contribution in [0.2, 0.25) is 0 Å². The van der Waals surface area contributed by atoms with Gasteiger partial charge in [-0.2, -0.15) is 0 Å². The summed E-state index contributed by atoms with van der Waals surface area (Å²) in [6.45, 7) is 4.21. The first kappa shape index (κ1) is 22.7. The van der Waals surface area contributed by atoms with Crippen LogP contribution in [-0.4, -0.2) is 35.7 Å². The Morgan fingerprint density at radius 1 is 1.00 bits per heavy atom. The van der Waals surface area contributed by atoms with Gasteiger partial charge in [0.2, 0.25) is 0 Å². The molecule has 4 heterocycles. The molecule has 1 saturated heterocycles. The number of hydrogen-bond acceptors (Lipinski definition) is 5. The van der Waals surface area contributed by atoms with Crippen LogP contribution >= 0.6 is 12.2 Å². The molecule has 6 rings (SSSR count). The Kier molecular flexibility index (Phi) is 5.92. The minimum absolute atomic E-state index is 0.0922. The molecule has 1 N–H and O–H groups in total. The molecular weight excluding hydrogens is 470 g/mol. The van der Waals surface area contributed by atoms with Crippen LogP contribution in [0.3, 0.4) is 0 Å². The number of benzene rings is 1. The fraction of sp³-hybridized carbons (Fsp3) is 0.333. The maximum absolute atomic E-state index is 6.21. The molecule has 8 nitrogen and oxygen atoms in total. The van der Waals surface area contributed by atoms with Gasteiger partial charge in [-0.25, -0.2) is 4.68 Å². The van der Waals surface area contributed by atoms with Crippen molar-refractivity contribution in [3.05, 3.63) is 90.0 Å². The van der Waals surface area contributed by atoms with Gasteiger partial charge in [0.05, 0.1) is 23.9 Å². The van der Waals surface area contributed by atoms with Crippen molar-refractivity contribution in [1.82, 2.24) is 29.9 Å². The molecule has 2 fully saturated rings. The number of nitrogens with zero attached hydrogens (tertiary/aromatic N) is 6. The van der Waals surface area contributed by atoms with Gasteiger partial charge in [-0.05, 0) is 94.2 Å². The molecule has 0 spiro atoms. The fourth-order valence-corrected chi connectivity index (χ4v) is 5.91. The Hall–Kier alpha value is -3.72. The third-order valence-electron chi connectivity index (χ3n) is 7.21. The number of anilines is 1. The average molecular weight is 500 g/mol. The zero-order valence-electron chi connectivity index (χ0n) is 20.4. The summed E-state index contributed by atoms with van der Waals surface area (Å²) in [6, 6.07) is 16.3. The quantitative estimate of drug-likeness (QED) is 0.378. The van der Waals surface area contributed by atoms with Crippen molar-refractivity contribution in [3.8, 4) is 5.75 Å². The lowest BCUT2D eigenvalue weighted by Crippen LogP contribution is -2.29. The van der Waals surface area contributed by atoms with E-state index < -0.39 is 0 Å². The number of hydrogen-bond donors (Lipinski definition) is 1. The number of aryl methyl sites for hydroxylation is 1. The Balaban J connectivity index is 1.40. The van der Waals surface area contributed by atoms with Crippen molar-refractivity contribution < 1.29 is 4.74 Å². The smallest absolute Gasteiger partial charge is 0.174 e. The van der Waals surface area contributed by atoms with Gasteiger partial charge in [0.15, 0.2) is 5.11 Å². The summed E-state index contributed by atoms with van der Waals surface area (Å²) in [5, 5.41) is 12.2. The zero-order valence-corrected chi connectivity index (χ0v) is 21.2. The topological polar surface area (TPSA) is 73.0 Å². The van der Waals surface area contributed by atoms with Gasteiger partial charge < -0.3 is 15.0 Å². The van der Waals surface area contributed by atoms with E-state index in [1.54, 1.807) is 12.7 Å². The molecule has 9 heteroatoms. The van der Waals surface area contributed by atoms with Gasteiger partial charge in [-0.15, -0.1) is 10.2 Å². The van der Waals surface area contributed by atoms with Crippen molar-refractivity contribution in [1.29, 1.82) is 0 Å². The lowest BCUT2D eigenvalue weighted by atomic mass is 9.96. The minimum atomic E-state index is -0.108. The first-order chi connectivity index (χ1) is 17.6. The van der Waals surface area contributed by atoms with Gasteiger partial charge in [0.25, 0.3) is 0 Å². The number of rotatable bonds is 6. The predicted octanol–water partition coefficient (Wildman–Crippen LogP) is 4.90. The van der Waals surface area contributed by atoms with Crippen LogP contribution in [0.5, 0.6) is 5.75 Å². The van der Waals surface area contributed by atoms with E-state index in [4.69, 9.17) is 17.0 Å². The highest BCUT2D eigenvalue weighted by atomic mass is 32.1. The molecular formula is C27H29N7OS. The lowest BCUT2D eigenvalue weighted by Gasteiger charge is -2.28. The van der Waals surface area contributed by atoms with Gasteiger partial charge in [-0.1, -0.05) is 6.07 Å². The first-order valence-electron chi connectivity index (χ1n) is 12.4. The van der Waals surface area contributed by atoms with E-state index in [-0.39, 0.29) is 12.1 Å². The second kappa shape index (κ2) is 9.39. The monoisotopic (exact) mass is 499 g/mol. The van der Waals surface area contributed by atoms with Crippen molar-refractivity contribution in [3.63, 3.8) is 0 Å². The van der Waals surface area contributed by atoms with Crippen LogP contribution in [-0.2, 0) is 0 Å². The molecule has 2 atom stereocenters. The molecule has 2 aliphatic rings. The summed E-state index contributed by atoms with van der Waals surface area (Å²) in [5.74, 6) is 0.910. The van der Waals surface area contributed by atoms with Crippen molar-refractivity contribution >= 4 is 23.0 Å². The molecule has 0 bridgehead atoms. The van der Waals surface area contributed by atoms with Crippen LogP contribution in [0, 0.1) is 13.8 Å². The SMILES string of the molecule is Cc1cc([C@@H]2[C@@H](c3ccccn3)NC(=S)N2c2ccc(OC3CCCC3)cc2)c(C)n1-n1cnnc1. The van der Waals surface area contributed by atoms with E-state index in [2.05, 4.69) is 74.3 Å².